The van der Waals surface area contributed by atoms with E-state index < -0.39 is 10.0 Å². The maximum absolute atomic E-state index is 13.3. The summed E-state index contributed by atoms with van der Waals surface area (Å²) in [4.78, 5) is 10.8. The molecule has 0 radical (unpaired) electrons. The number of benzene rings is 1. The first-order valence-electron chi connectivity index (χ1n) is 9.69. The molecule has 152 valence electrons. The summed E-state index contributed by atoms with van der Waals surface area (Å²) >= 11 is 0. The van der Waals surface area contributed by atoms with Gasteiger partial charge in [0, 0.05) is 63.5 Å². The van der Waals surface area contributed by atoms with Crippen LogP contribution in [0.15, 0.2) is 64.2 Å². The van der Waals surface area contributed by atoms with Crippen molar-refractivity contribution in [1.29, 1.82) is 0 Å². The molecule has 1 aliphatic heterocycles. The third-order valence-electron chi connectivity index (χ3n) is 5.06. The van der Waals surface area contributed by atoms with E-state index in [1.54, 1.807) is 13.1 Å². The van der Waals surface area contributed by atoms with E-state index in [9.17, 15) is 8.42 Å². The molecule has 0 saturated carbocycles. The van der Waals surface area contributed by atoms with Gasteiger partial charge in [-0.2, -0.15) is 4.31 Å². The van der Waals surface area contributed by atoms with Crippen molar-refractivity contribution in [3.63, 3.8) is 0 Å². The molecular formula is C21H24N4O3S. The summed E-state index contributed by atoms with van der Waals surface area (Å²) in [6.07, 6.45) is 2.65. The minimum absolute atomic E-state index is 0.00290. The van der Waals surface area contributed by atoms with Crippen molar-refractivity contribution in [3.8, 4) is 11.3 Å². The smallest absolute Gasteiger partial charge is 0.264 e. The Morgan fingerprint density at radius 2 is 1.72 bits per heavy atom. The maximum Gasteiger partial charge on any atom is 0.264 e. The average Bonchev–Trinajstić information content (AvgIpc) is 3.17. The van der Waals surface area contributed by atoms with Crippen LogP contribution in [0.5, 0.6) is 0 Å². The highest BCUT2D eigenvalue weighted by atomic mass is 32.2. The first kappa shape index (κ1) is 19.8. The number of nitrogens with zero attached hydrogens (tertiary/aromatic N) is 4. The number of rotatable bonds is 6. The van der Waals surface area contributed by atoms with Crippen molar-refractivity contribution in [2.24, 2.45) is 0 Å². The molecule has 2 aromatic heterocycles. The number of aromatic nitrogens is 2. The van der Waals surface area contributed by atoms with Crippen molar-refractivity contribution < 1.29 is 12.8 Å². The minimum atomic E-state index is -3.72. The van der Waals surface area contributed by atoms with Gasteiger partial charge in [-0.05, 0) is 12.1 Å². The fourth-order valence-corrected chi connectivity index (χ4v) is 5.02. The van der Waals surface area contributed by atoms with Gasteiger partial charge in [-0.1, -0.05) is 36.4 Å². The van der Waals surface area contributed by atoms with E-state index in [1.807, 2.05) is 48.5 Å². The Morgan fingerprint density at radius 3 is 2.41 bits per heavy atom. The van der Waals surface area contributed by atoms with E-state index in [-0.39, 0.29) is 5.03 Å². The van der Waals surface area contributed by atoms with E-state index in [1.165, 1.54) is 4.31 Å². The van der Waals surface area contributed by atoms with Gasteiger partial charge in [0.1, 0.15) is 0 Å². The van der Waals surface area contributed by atoms with Crippen molar-refractivity contribution >= 4 is 10.0 Å². The second-order valence-electron chi connectivity index (χ2n) is 7.05. The highest BCUT2D eigenvalue weighted by molar-refractivity contribution is 7.89. The fraction of sp³-hybridized carbons (Fsp3) is 0.333. The first-order chi connectivity index (χ1) is 14.0. The highest BCUT2D eigenvalue weighted by Gasteiger charge is 2.34. The molecule has 4 rings (SSSR count). The Hall–Kier alpha value is -2.55. The minimum Gasteiger partial charge on any atom is -0.440 e. The van der Waals surface area contributed by atoms with Gasteiger partial charge < -0.3 is 9.32 Å². The zero-order valence-electron chi connectivity index (χ0n) is 16.4. The molecule has 1 saturated heterocycles. The lowest BCUT2D eigenvalue weighted by molar-refractivity contribution is 0.189. The number of sulfonamides is 1. The van der Waals surface area contributed by atoms with Gasteiger partial charge in [0.15, 0.2) is 11.7 Å². The van der Waals surface area contributed by atoms with Crippen molar-refractivity contribution in [3.05, 3.63) is 66.3 Å². The van der Waals surface area contributed by atoms with Crippen LogP contribution < -0.4 is 0 Å². The topological polar surface area (TPSA) is 79.5 Å². The third kappa shape index (κ3) is 4.39. The van der Waals surface area contributed by atoms with Crippen molar-refractivity contribution in [1.82, 2.24) is 19.2 Å². The summed E-state index contributed by atoms with van der Waals surface area (Å²) in [5.41, 5.74) is 1.76. The largest absolute Gasteiger partial charge is 0.440 e. The molecule has 3 heterocycles. The third-order valence-corrected chi connectivity index (χ3v) is 6.88. The summed E-state index contributed by atoms with van der Waals surface area (Å²) in [6.45, 7) is 4.77. The molecular weight excluding hydrogens is 388 g/mol. The SMILES string of the molecule is Cc1nc(S(=O)(=O)N2CCN(CCc3ccccn3)CC2)c(-c2ccccc2)o1. The van der Waals surface area contributed by atoms with Gasteiger partial charge >= 0.3 is 0 Å². The summed E-state index contributed by atoms with van der Waals surface area (Å²) in [5, 5.41) is 0.00290. The predicted octanol–water partition coefficient (Wildman–Crippen LogP) is 2.59. The second kappa shape index (κ2) is 8.44. The number of pyridine rings is 1. The molecule has 0 aliphatic carbocycles. The zero-order chi connectivity index (χ0) is 20.3. The lowest BCUT2D eigenvalue weighted by atomic mass is 10.2. The number of hydrogen-bond acceptors (Lipinski definition) is 6. The maximum atomic E-state index is 13.3. The number of hydrogen-bond donors (Lipinski definition) is 0. The Labute approximate surface area is 171 Å². The quantitative estimate of drug-likeness (QED) is 0.619. The molecule has 0 N–H and O–H groups in total. The van der Waals surface area contributed by atoms with E-state index in [2.05, 4.69) is 14.9 Å². The molecule has 3 aromatic rings. The monoisotopic (exact) mass is 412 g/mol. The Balaban J connectivity index is 1.45. The summed E-state index contributed by atoms with van der Waals surface area (Å²) < 4.78 is 33.7. The molecule has 1 aliphatic rings. The Bertz CT molecular complexity index is 1040. The van der Waals surface area contributed by atoms with Gasteiger partial charge in [0.25, 0.3) is 10.0 Å². The first-order valence-corrected chi connectivity index (χ1v) is 11.1. The molecule has 7 nitrogen and oxygen atoms in total. The lowest BCUT2D eigenvalue weighted by Gasteiger charge is -2.33. The van der Waals surface area contributed by atoms with E-state index in [0.717, 1.165) is 18.7 Å². The van der Waals surface area contributed by atoms with E-state index in [0.29, 0.717) is 43.4 Å². The standard InChI is InChI=1S/C21H24N4O3S/c1-17-23-21(20(28-17)18-7-3-2-4-8-18)29(26,27)25-15-13-24(14-16-25)12-10-19-9-5-6-11-22-19/h2-9,11H,10,12-16H2,1H3. The Kier molecular flexibility index (Phi) is 5.75. The highest BCUT2D eigenvalue weighted by Crippen LogP contribution is 2.30. The molecule has 0 bridgehead atoms. The second-order valence-corrected chi connectivity index (χ2v) is 8.90. The van der Waals surface area contributed by atoms with Crippen LogP contribution in [0.3, 0.4) is 0 Å². The zero-order valence-corrected chi connectivity index (χ0v) is 17.2. The van der Waals surface area contributed by atoms with Crippen LogP contribution in [-0.2, 0) is 16.4 Å². The van der Waals surface area contributed by atoms with Crippen molar-refractivity contribution in [2.45, 2.75) is 18.4 Å². The van der Waals surface area contributed by atoms with Crippen LogP contribution in [0.25, 0.3) is 11.3 Å². The fourth-order valence-electron chi connectivity index (χ4n) is 3.49. The number of oxazole rings is 1. The van der Waals surface area contributed by atoms with E-state index >= 15 is 0 Å². The van der Waals surface area contributed by atoms with Crippen molar-refractivity contribution in [2.75, 3.05) is 32.7 Å². The van der Waals surface area contributed by atoms with Crippen LogP contribution in [0.4, 0.5) is 0 Å². The lowest BCUT2D eigenvalue weighted by Crippen LogP contribution is -2.49. The predicted molar refractivity (Wildman–Crippen MR) is 110 cm³/mol. The van der Waals surface area contributed by atoms with Crippen LogP contribution in [0, 0.1) is 6.92 Å². The van der Waals surface area contributed by atoms with Crippen LogP contribution in [0.1, 0.15) is 11.6 Å². The molecule has 0 spiro atoms. The summed E-state index contributed by atoms with van der Waals surface area (Å²) in [7, 11) is -3.72. The molecule has 1 aromatic carbocycles. The summed E-state index contributed by atoms with van der Waals surface area (Å²) in [6, 6.07) is 15.1. The molecule has 1 fully saturated rings. The number of aryl methyl sites for hydroxylation is 1. The van der Waals surface area contributed by atoms with E-state index in [4.69, 9.17) is 4.42 Å². The van der Waals surface area contributed by atoms with Gasteiger partial charge in [-0.25, -0.2) is 13.4 Å². The molecule has 0 amide bonds. The normalized spacial score (nSPS) is 16.2. The average molecular weight is 413 g/mol. The molecule has 8 heteroatoms. The van der Waals surface area contributed by atoms with Crippen LogP contribution >= 0.6 is 0 Å². The summed E-state index contributed by atoms with van der Waals surface area (Å²) in [5.74, 6) is 0.650. The van der Waals surface area contributed by atoms with Gasteiger partial charge in [-0.3, -0.25) is 4.98 Å². The van der Waals surface area contributed by atoms with Gasteiger partial charge in [0.2, 0.25) is 5.03 Å². The van der Waals surface area contributed by atoms with Crippen LogP contribution in [-0.4, -0.2) is 60.3 Å². The van der Waals surface area contributed by atoms with Gasteiger partial charge in [-0.15, -0.1) is 0 Å². The molecule has 0 unspecified atom stereocenters. The van der Waals surface area contributed by atoms with Gasteiger partial charge in [0.05, 0.1) is 0 Å². The Morgan fingerprint density at radius 1 is 1.00 bits per heavy atom. The molecule has 0 atom stereocenters. The van der Waals surface area contributed by atoms with Crippen LogP contribution in [0.2, 0.25) is 0 Å². The molecule has 29 heavy (non-hydrogen) atoms. The number of piperazine rings is 1.